The van der Waals surface area contributed by atoms with E-state index in [9.17, 15) is 9.59 Å². The van der Waals surface area contributed by atoms with Crippen LogP contribution in [-0.2, 0) is 21.5 Å². The molecule has 1 saturated heterocycles. The van der Waals surface area contributed by atoms with Crippen LogP contribution in [0.1, 0.15) is 31.9 Å². The van der Waals surface area contributed by atoms with Crippen molar-refractivity contribution in [1.82, 2.24) is 10.2 Å². The molecule has 1 fully saturated rings. The van der Waals surface area contributed by atoms with E-state index in [0.717, 1.165) is 5.56 Å². The number of piperazine rings is 1. The van der Waals surface area contributed by atoms with Crippen LogP contribution in [0.25, 0.3) is 0 Å². The number of nitrogens with zero attached hydrogens (tertiary/aromatic N) is 1. The molecule has 0 saturated carbocycles. The summed E-state index contributed by atoms with van der Waals surface area (Å²) in [6.45, 7) is 7.32. The van der Waals surface area contributed by atoms with Gasteiger partial charge < -0.3 is 0 Å². The number of benzene rings is 1. The number of hydrogen-bond acceptors (Lipinski definition) is 3. The van der Waals surface area contributed by atoms with Gasteiger partial charge in [-0.15, -0.1) is 0 Å². The Morgan fingerprint density at radius 1 is 1.05 bits per heavy atom. The van der Waals surface area contributed by atoms with Crippen LogP contribution < -0.4 is 5.32 Å². The van der Waals surface area contributed by atoms with Crippen molar-refractivity contribution in [2.45, 2.75) is 32.7 Å². The third-order valence-corrected chi connectivity index (χ3v) is 3.32. The average molecular weight is 260 g/mol. The summed E-state index contributed by atoms with van der Waals surface area (Å²) in [5.41, 5.74) is 2.34. The predicted molar refractivity (Wildman–Crippen MR) is 73.6 cm³/mol. The molecule has 1 aromatic carbocycles. The maximum atomic E-state index is 11.7. The van der Waals surface area contributed by atoms with Crippen LogP contribution >= 0.6 is 0 Å². The second-order valence-electron chi connectivity index (χ2n) is 5.92. The van der Waals surface area contributed by atoms with Crippen molar-refractivity contribution in [1.29, 1.82) is 0 Å². The van der Waals surface area contributed by atoms with Gasteiger partial charge in [0, 0.05) is 0 Å². The summed E-state index contributed by atoms with van der Waals surface area (Å²) in [4.78, 5) is 24.7. The van der Waals surface area contributed by atoms with Crippen LogP contribution in [0.2, 0.25) is 0 Å². The molecule has 4 heteroatoms. The van der Waals surface area contributed by atoms with E-state index in [1.807, 2.05) is 12.1 Å². The molecular formula is C15H20N2O2. The highest BCUT2D eigenvalue weighted by atomic mass is 16.2. The third kappa shape index (κ3) is 3.20. The number of imide groups is 1. The highest BCUT2D eigenvalue weighted by Crippen LogP contribution is 2.22. The Bertz CT molecular complexity index is 470. The van der Waals surface area contributed by atoms with E-state index in [2.05, 4.69) is 38.2 Å². The smallest absolute Gasteiger partial charge is 0.243 e. The summed E-state index contributed by atoms with van der Waals surface area (Å²) in [5, 5.41) is 2.79. The minimum absolute atomic E-state index is 0.110. The second-order valence-corrected chi connectivity index (χ2v) is 5.92. The van der Waals surface area contributed by atoms with E-state index in [4.69, 9.17) is 0 Å². The molecule has 1 N–H and O–H groups in total. The van der Waals surface area contributed by atoms with Crippen molar-refractivity contribution in [2.75, 3.05) is 13.1 Å². The maximum Gasteiger partial charge on any atom is 0.243 e. The van der Waals surface area contributed by atoms with Crippen molar-refractivity contribution in [2.24, 2.45) is 0 Å². The summed E-state index contributed by atoms with van der Waals surface area (Å²) < 4.78 is 0. The molecule has 0 unspecified atom stereocenters. The number of hydrogen-bond donors (Lipinski definition) is 1. The summed E-state index contributed by atoms with van der Waals surface area (Å²) in [5.74, 6) is -0.313. The molecule has 102 valence electrons. The molecule has 0 bridgehead atoms. The topological polar surface area (TPSA) is 49.4 Å². The predicted octanol–water partition coefficient (Wildman–Crippen LogP) is 1.44. The Kier molecular flexibility index (Phi) is 3.71. The van der Waals surface area contributed by atoms with Crippen molar-refractivity contribution in [3.8, 4) is 0 Å². The molecule has 2 amide bonds. The average Bonchev–Trinajstić information content (AvgIpc) is 2.33. The molecule has 0 aliphatic carbocycles. The van der Waals surface area contributed by atoms with Gasteiger partial charge in [-0.2, -0.15) is 0 Å². The number of carbonyl (C=O) groups excluding carboxylic acids is 2. The SMILES string of the molecule is CC(C)(C)c1ccc(CN2C(=O)CNCC2=O)cc1. The van der Waals surface area contributed by atoms with Crippen molar-refractivity contribution < 1.29 is 9.59 Å². The molecule has 1 heterocycles. The summed E-state index contributed by atoms with van der Waals surface area (Å²) >= 11 is 0. The minimum Gasteiger partial charge on any atom is -0.300 e. The van der Waals surface area contributed by atoms with Crippen LogP contribution in [0.3, 0.4) is 0 Å². The van der Waals surface area contributed by atoms with Gasteiger partial charge in [0.2, 0.25) is 11.8 Å². The first kappa shape index (κ1) is 13.7. The molecule has 0 radical (unpaired) electrons. The molecule has 1 aliphatic heterocycles. The third-order valence-electron chi connectivity index (χ3n) is 3.32. The van der Waals surface area contributed by atoms with E-state index in [0.29, 0.717) is 6.54 Å². The van der Waals surface area contributed by atoms with Gasteiger partial charge >= 0.3 is 0 Å². The Morgan fingerprint density at radius 2 is 1.58 bits per heavy atom. The lowest BCUT2D eigenvalue weighted by Gasteiger charge is -2.26. The monoisotopic (exact) mass is 260 g/mol. The molecule has 0 atom stereocenters. The Hall–Kier alpha value is -1.68. The second kappa shape index (κ2) is 5.13. The fourth-order valence-corrected chi connectivity index (χ4v) is 2.08. The van der Waals surface area contributed by atoms with Crippen molar-refractivity contribution in [3.05, 3.63) is 35.4 Å². The van der Waals surface area contributed by atoms with E-state index >= 15 is 0 Å². The highest BCUT2D eigenvalue weighted by molar-refractivity contribution is 5.99. The van der Waals surface area contributed by atoms with Gasteiger partial charge in [-0.1, -0.05) is 45.0 Å². The van der Waals surface area contributed by atoms with E-state index < -0.39 is 0 Å². The van der Waals surface area contributed by atoms with Crippen molar-refractivity contribution >= 4 is 11.8 Å². The highest BCUT2D eigenvalue weighted by Gasteiger charge is 2.25. The summed E-state index contributed by atoms with van der Waals surface area (Å²) in [6.07, 6.45) is 0. The lowest BCUT2D eigenvalue weighted by molar-refractivity contribution is -0.147. The standard InChI is InChI=1S/C15H20N2O2/c1-15(2,3)12-6-4-11(5-7-12)10-17-13(18)8-16-9-14(17)19/h4-7,16H,8-10H2,1-3H3. The molecule has 4 nitrogen and oxygen atoms in total. The van der Waals surface area contributed by atoms with Gasteiger partial charge in [-0.3, -0.25) is 19.8 Å². The zero-order valence-electron chi connectivity index (χ0n) is 11.7. The first-order chi connectivity index (χ1) is 8.88. The van der Waals surface area contributed by atoms with Gasteiger partial charge in [0.25, 0.3) is 0 Å². The van der Waals surface area contributed by atoms with Crippen LogP contribution in [0, 0.1) is 0 Å². The van der Waals surface area contributed by atoms with Gasteiger partial charge in [-0.25, -0.2) is 0 Å². The zero-order valence-corrected chi connectivity index (χ0v) is 11.7. The number of amides is 2. The lowest BCUT2D eigenvalue weighted by Crippen LogP contribution is -2.51. The van der Waals surface area contributed by atoms with Gasteiger partial charge in [0.1, 0.15) is 0 Å². The molecule has 19 heavy (non-hydrogen) atoms. The fraction of sp³-hybridized carbons (Fsp3) is 0.467. The molecule has 2 rings (SSSR count). The van der Waals surface area contributed by atoms with E-state index in [1.165, 1.54) is 10.5 Å². The Labute approximate surface area is 113 Å². The van der Waals surface area contributed by atoms with E-state index in [-0.39, 0.29) is 30.3 Å². The largest absolute Gasteiger partial charge is 0.300 e. The molecule has 0 aromatic heterocycles. The quantitative estimate of drug-likeness (QED) is 0.819. The van der Waals surface area contributed by atoms with Crippen LogP contribution in [0.4, 0.5) is 0 Å². The van der Waals surface area contributed by atoms with Crippen LogP contribution in [0.15, 0.2) is 24.3 Å². The first-order valence-electron chi connectivity index (χ1n) is 6.51. The number of rotatable bonds is 2. The summed E-state index contributed by atoms with van der Waals surface area (Å²) in [6, 6.07) is 8.10. The maximum absolute atomic E-state index is 11.7. The minimum atomic E-state index is -0.156. The normalized spacial score (nSPS) is 16.9. The number of nitrogens with one attached hydrogen (secondary N) is 1. The van der Waals surface area contributed by atoms with Crippen LogP contribution in [0.5, 0.6) is 0 Å². The molecular weight excluding hydrogens is 240 g/mol. The number of carbonyl (C=O) groups is 2. The lowest BCUT2D eigenvalue weighted by atomic mass is 9.87. The molecule has 1 aliphatic rings. The van der Waals surface area contributed by atoms with Gasteiger partial charge in [-0.05, 0) is 16.5 Å². The Morgan fingerprint density at radius 3 is 2.05 bits per heavy atom. The van der Waals surface area contributed by atoms with E-state index in [1.54, 1.807) is 0 Å². The molecule has 1 aromatic rings. The van der Waals surface area contributed by atoms with Gasteiger partial charge in [0.05, 0.1) is 19.6 Å². The van der Waals surface area contributed by atoms with Crippen LogP contribution in [-0.4, -0.2) is 29.8 Å². The summed E-state index contributed by atoms with van der Waals surface area (Å²) in [7, 11) is 0. The molecule has 0 spiro atoms. The van der Waals surface area contributed by atoms with Crippen molar-refractivity contribution in [3.63, 3.8) is 0 Å². The van der Waals surface area contributed by atoms with Gasteiger partial charge in [0.15, 0.2) is 0 Å². The first-order valence-corrected chi connectivity index (χ1v) is 6.51. The fourth-order valence-electron chi connectivity index (χ4n) is 2.08. The zero-order chi connectivity index (χ0) is 14.0. The Balaban J connectivity index is 2.11.